The first-order valence-electron chi connectivity index (χ1n) is 10.9. The van der Waals surface area contributed by atoms with E-state index in [4.69, 9.17) is 4.74 Å². The molecular weight excluding hydrogens is 436 g/mol. The highest BCUT2D eigenvalue weighted by Gasteiger charge is 2.27. The van der Waals surface area contributed by atoms with Gasteiger partial charge in [0.1, 0.15) is 0 Å². The Hall–Kier alpha value is -3.33. The molecule has 2 aliphatic heterocycles. The zero-order valence-electron chi connectivity index (χ0n) is 18.0. The van der Waals surface area contributed by atoms with Gasteiger partial charge in [-0.05, 0) is 18.2 Å². The average molecular weight is 461 g/mol. The number of fused-ring (bicyclic) bond motifs is 1. The zero-order valence-corrected chi connectivity index (χ0v) is 18.8. The van der Waals surface area contributed by atoms with Crippen molar-refractivity contribution >= 4 is 34.6 Å². The predicted molar refractivity (Wildman–Crippen MR) is 129 cm³/mol. The highest BCUT2D eigenvalue weighted by atomic mass is 32.1. The summed E-state index contributed by atoms with van der Waals surface area (Å²) in [7, 11) is 0. The molecule has 0 aliphatic carbocycles. The Morgan fingerprint density at radius 3 is 2.64 bits per heavy atom. The number of nitrogens with zero attached hydrogens (tertiary/aromatic N) is 2. The highest BCUT2D eigenvalue weighted by Crippen LogP contribution is 2.24. The van der Waals surface area contributed by atoms with Gasteiger partial charge in [-0.15, -0.1) is 11.3 Å². The fourth-order valence-electron chi connectivity index (χ4n) is 3.94. The quantitative estimate of drug-likeness (QED) is 0.613. The lowest BCUT2D eigenvalue weighted by Crippen LogP contribution is -2.42. The third-order valence-electron chi connectivity index (χ3n) is 5.63. The van der Waals surface area contributed by atoms with E-state index in [2.05, 4.69) is 20.5 Å². The van der Waals surface area contributed by atoms with Crippen LogP contribution in [0.4, 0.5) is 5.69 Å². The van der Waals surface area contributed by atoms with Crippen LogP contribution in [0.5, 0.6) is 0 Å². The number of para-hydroxylation sites is 1. The van der Waals surface area contributed by atoms with Gasteiger partial charge < -0.3 is 15.4 Å². The normalized spacial score (nSPS) is 18.6. The van der Waals surface area contributed by atoms with Gasteiger partial charge in [-0.1, -0.05) is 48.5 Å². The fraction of sp³-hybridized carbons (Fsp3) is 0.240. The van der Waals surface area contributed by atoms with E-state index in [1.165, 1.54) is 11.3 Å². The summed E-state index contributed by atoms with van der Waals surface area (Å²) in [5.41, 5.74) is 3.03. The van der Waals surface area contributed by atoms with Gasteiger partial charge in [0, 0.05) is 35.6 Å². The molecule has 1 unspecified atom stereocenters. The number of nitrogens with one attached hydrogen (secondary N) is 2. The number of benzodiazepines with no additional fused rings is 1. The Morgan fingerprint density at radius 2 is 1.82 bits per heavy atom. The van der Waals surface area contributed by atoms with Gasteiger partial charge in [0.15, 0.2) is 0 Å². The van der Waals surface area contributed by atoms with Crippen LogP contribution in [0.15, 0.2) is 71.7 Å². The number of aliphatic imine (C=N–C) groups is 1. The number of hydrogen-bond donors (Lipinski definition) is 2. The molecular formula is C25H24N4O3S. The molecule has 8 heteroatoms. The van der Waals surface area contributed by atoms with E-state index in [1.807, 2.05) is 60.7 Å². The third kappa shape index (κ3) is 4.88. The van der Waals surface area contributed by atoms with E-state index < -0.39 is 6.17 Å². The summed E-state index contributed by atoms with van der Waals surface area (Å²) in [5.74, 6) is -0.678. The standard InChI is InChI=1S/C25H24N4O3S/c30-24(21-11-10-18(33-21)16-29-12-14-32-15-13-29)28-23-25(31)26-20-9-5-4-8-19(20)22(27-23)17-6-2-1-3-7-17/h1-11,23H,12-16H2,(H,26,31)(H,28,30). The molecule has 2 aromatic carbocycles. The molecule has 1 fully saturated rings. The Labute approximate surface area is 196 Å². The van der Waals surface area contributed by atoms with Gasteiger partial charge in [0.05, 0.1) is 29.5 Å². The maximum atomic E-state index is 13.0. The van der Waals surface area contributed by atoms with Gasteiger partial charge in [-0.2, -0.15) is 0 Å². The van der Waals surface area contributed by atoms with E-state index >= 15 is 0 Å². The predicted octanol–water partition coefficient (Wildman–Crippen LogP) is 3.13. The van der Waals surface area contributed by atoms with E-state index in [-0.39, 0.29) is 11.8 Å². The van der Waals surface area contributed by atoms with Crippen LogP contribution in [0.3, 0.4) is 0 Å². The zero-order chi connectivity index (χ0) is 22.6. The fourth-order valence-corrected chi connectivity index (χ4v) is 4.89. The highest BCUT2D eigenvalue weighted by molar-refractivity contribution is 7.14. The van der Waals surface area contributed by atoms with Crippen LogP contribution in [0.25, 0.3) is 0 Å². The summed E-state index contributed by atoms with van der Waals surface area (Å²) >= 11 is 1.44. The number of amides is 2. The first kappa shape index (κ1) is 21.5. The topological polar surface area (TPSA) is 83.0 Å². The second-order valence-corrected chi connectivity index (χ2v) is 9.08. The molecule has 0 spiro atoms. The summed E-state index contributed by atoms with van der Waals surface area (Å²) in [6, 6.07) is 21.0. The van der Waals surface area contributed by atoms with Crippen molar-refractivity contribution in [3.05, 3.63) is 87.6 Å². The molecule has 0 saturated carbocycles. The van der Waals surface area contributed by atoms with Crippen LogP contribution in [0.1, 0.15) is 25.7 Å². The van der Waals surface area contributed by atoms with Gasteiger partial charge in [0.25, 0.3) is 11.8 Å². The summed E-state index contributed by atoms with van der Waals surface area (Å²) in [4.78, 5) is 34.6. The molecule has 168 valence electrons. The SMILES string of the molecule is O=C(NC1N=C(c2ccccc2)c2ccccc2NC1=O)c1ccc(CN2CCOCC2)s1. The maximum absolute atomic E-state index is 13.0. The van der Waals surface area contributed by atoms with Crippen LogP contribution in [0, 0.1) is 0 Å². The van der Waals surface area contributed by atoms with Crippen molar-refractivity contribution in [1.29, 1.82) is 0 Å². The van der Waals surface area contributed by atoms with Crippen molar-refractivity contribution in [2.75, 3.05) is 31.6 Å². The molecule has 1 saturated heterocycles. The smallest absolute Gasteiger partial charge is 0.269 e. The molecule has 0 radical (unpaired) electrons. The van der Waals surface area contributed by atoms with Crippen LogP contribution in [-0.4, -0.2) is 54.9 Å². The second-order valence-electron chi connectivity index (χ2n) is 7.91. The summed E-state index contributed by atoms with van der Waals surface area (Å²) < 4.78 is 5.40. The molecule has 2 amide bonds. The first-order valence-corrected chi connectivity index (χ1v) is 11.7. The molecule has 7 nitrogen and oxygen atoms in total. The number of thiophene rings is 1. The minimum atomic E-state index is -1.04. The van der Waals surface area contributed by atoms with Gasteiger partial charge in [-0.3, -0.25) is 14.5 Å². The second kappa shape index (κ2) is 9.66. The molecule has 2 aliphatic rings. The lowest BCUT2D eigenvalue weighted by atomic mass is 10.0. The van der Waals surface area contributed by atoms with E-state index in [0.717, 1.165) is 48.9 Å². The van der Waals surface area contributed by atoms with Crippen molar-refractivity contribution < 1.29 is 14.3 Å². The van der Waals surface area contributed by atoms with Gasteiger partial charge >= 0.3 is 0 Å². The van der Waals surface area contributed by atoms with Gasteiger partial charge in [-0.25, -0.2) is 4.99 Å². The lowest BCUT2D eigenvalue weighted by molar-refractivity contribution is -0.117. The summed E-state index contributed by atoms with van der Waals surface area (Å²) in [6.07, 6.45) is -1.04. The van der Waals surface area contributed by atoms with E-state index in [0.29, 0.717) is 16.3 Å². The monoisotopic (exact) mass is 460 g/mol. The molecule has 3 heterocycles. The molecule has 33 heavy (non-hydrogen) atoms. The largest absolute Gasteiger partial charge is 0.379 e. The Morgan fingerprint density at radius 1 is 1.06 bits per heavy atom. The van der Waals surface area contributed by atoms with Crippen LogP contribution in [0.2, 0.25) is 0 Å². The molecule has 2 N–H and O–H groups in total. The Kier molecular flexibility index (Phi) is 6.30. The van der Waals surface area contributed by atoms with E-state index in [9.17, 15) is 9.59 Å². The number of rotatable bonds is 5. The number of hydrogen-bond acceptors (Lipinski definition) is 6. The van der Waals surface area contributed by atoms with Crippen LogP contribution < -0.4 is 10.6 Å². The molecule has 1 atom stereocenters. The number of anilines is 1. The number of carbonyl (C=O) groups is 2. The summed E-state index contributed by atoms with van der Waals surface area (Å²) in [5, 5.41) is 5.72. The lowest BCUT2D eigenvalue weighted by Gasteiger charge is -2.25. The van der Waals surface area contributed by atoms with Crippen molar-refractivity contribution in [2.24, 2.45) is 4.99 Å². The molecule has 3 aromatic rings. The minimum Gasteiger partial charge on any atom is -0.379 e. The molecule has 5 rings (SSSR count). The third-order valence-corrected chi connectivity index (χ3v) is 6.70. The Bertz CT molecular complexity index is 1190. The number of ether oxygens (including phenoxy) is 1. The average Bonchev–Trinajstić information content (AvgIpc) is 3.26. The first-order chi connectivity index (χ1) is 16.2. The minimum absolute atomic E-state index is 0.310. The number of carbonyl (C=O) groups excluding carboxylic acids is 2. The van der Waals surface area contributed by atoms with E-state index in [1.54, 1.807) is 6.07 Å². The summed E-state index contributed by atoms with van der Waals surface area (Å²) in [6.45, 7) is 4.04. The van der Waals surface area contributed by atoms with Gasteiger partial charge in [0.2, 0.25) is 6.17 Å². The van der Waals surface area contributed by atoms with Crippen LogP contribution >= 0.6 is 11.3 Å². The Balaban J connectivity index is 1.37. The number of morpholine rings is 1. The van der Waals surface area contributed by atoms with Crippen molar-refractivity contribution in [3.8, 4) is 0 Å². The molecule has 0 bridgehead atoms. The van der Waals surface area contributed by atoms with Crippen molar-refractivity contribution in [1.82, 2.24) is 10.2 Å². The van der Waals surface area contributed by atoms with Crippen molar-refractivity contribution in [2.45, 2.75) is 12.7 Å². The van der Waals surface area contributed by atoms with Crippen LogP contribution in [-0.2, 0) is 16.1 Å². The van der Waals surface area contributed by atoms with Crippen molar-refractivity contribution in [3.63, 3.8) is 0 Å². The molecule has 1 aromatic heterocycles. The number of benzene rings is 2. The maximum Gasteiger partial charge on any atom is 0.269 e.